The molecule has 1 aromatic heterocycles. The average Bonchev–Trinajstić information content (AvgIpc) is 3.34. The van der Waals surface area contributed by atoms with Gasteiger partial charge >= 0.3 is 0 Å². The maximum Gasteiger partial charge on any atom is 0.242 e. The van der Waals surface area contributed by atoms with Gasteiger partial charge in [-0.2, -0.15) is 0 Å². The van der Waals surface area contributed by atoms with Gasteiger partial charge in [0.2, 0.25) is 18.6 Å². The third kappa shape index (κ3) is 7.56. The third-order valence-electron chi connectivity index (χ3n) is 6.67. The van der Waals surface area contributed by atoms with Crippen LogP contribution in [-0.4, -0.2) is 41.5 Å². The lowest BCUT2D eigenvalue weighted by Gasteiger charge is -2.30. The van der Waals surface area contributed by atoms with Crippen LogP contribution in [0, 0.1) is 11.3 Å². The molecule has 0 atom stereocenters. The van der Waals surface area contributed by atoms with Crippen LogP contribution in [-0.2, 0) is 22.7 Å². The zero-order valence-electron chi connectivity index (χ0n) is 23.8. The number of carbonyl (C=O) groups excluding carboxylic acids is 2. The molecule has 0 saturated heterocycles. The van der Waals surface area contributed by atoms with Gasteiger partial charge in [0.05, 0.1) is 30.3 Å². The average molecular weight is 569 g/mol. The van der Waals surface area contributed by atoms with Crippen LogP contribution in [0.25, 0.3) is 11.0 Å². The molecule has 1 aliphatic heterocycles. The quantitative estimate of drug-likeness (QED) is 0.297. The molecule has 0 spiro atoms. The topological polar surface area (TPSA) is 89.3 Å². The maximum atomic E-state index is 13.9. The summed E-state index contributed by atoms with van der Waals surface area (Å²) in [5.74, 6) is 1.28. The second-order valence-corrected chi connectivity index (χ2v) is 12.3. The normalized spacial score (nSPS) is 12.7. The van der Waals surface area contributed by atoms with Crippen molar-refractivity contribution in [1.82, 2.24) is 9.80 Å². The number of rotatable bonds is 10. The predicted molar refractivity (Wildman–Crippen MR) is 154 cm³/mol. The molecule has 214 valence electrons. The summed E-state index contributed by atoms with van der Waals surface area (Å²) in [6.45, 7) is 10.9. The van der Waals surface area contributed by atoms with E-state index in [1.165, 1.54) is 6.26 Å². The molecular formula is C31H37ClN2O6. The molecule has 4 rings (SSSR count). The first-order valence-corrected chi connectivity index (χ1v) is 13.9. The second kappa shape index (κ2) is 12.3. The lowest BCUT2D eigenvalue weighted by Crippen LogP contribution is -2.44. The zero-order valence-corrected chi connectivity index (χ0v) is 24.5. The van der Waals surface area contributed by atoms with E-state index in [2.05, 4.69) is 13.8 Å². The van der Waals surface area contributed by atoms with Crippen molar-refractivity contribution in [3.63, 3.8) is 0 Å². The molecule has 0 radical (unpaired) electrons. The Labute approximate surface area is 239 Å². The van der Waals surface area contributed by atoms with E-state index in [4.69, 9.17) is 25.5 Å². The number of amides is 2. The molecule has 2 heterocycles. The Morgan fingerprint density at radius 2 is 1.73 bits per heavy atom. The van der Waals surface area contributed by atoms with Gasteiger partial charge in [-0.1, -0.05) is 52.3 Å². The van der Waals surface area contributed by atoms with Crippen molar-refractivity contribution < 1.29 is 23.5 Å². The van der Waals surface area contributed by atoms with Gasteiger partial charge in [-0.15, -0.1) is 0 Å². The number of benzene rings is 2. The first-order valence-electron chi connectivity index (χ1n) is 13.5. The molecule has 2 aromatic carbocycles. The molecule has 0 saturated carbocycles. The predicted octanol–water partition coefficient (Wildman–Crippen LogP) is 6.01. The summed E-state index contributed by atoms with van der Waals surface area (Å²) < 4.78 is 16.7. The monoisotopic (exact) mass is 568 g/mol. The fourth-order valence-corrected chi connectivity index (χ4v) is 4.66. The van der Waals surface area contributed by atoms with Gasteiger partial charge in [0.1, 0.15) is 5.58 Å². The Morgan fingerprint density at radius 3 is 2.45 bits per heavy atom. The van der Waals surface area contributed by atoms with Gasteiger partial charge in [0.15, 0.2) is 16.9 Å². The van der Waals surface area contributed by atoms with Gasteiger partial charge in [0.25, 0.3) is 0 Å². The van der Waals surface area contributed by atoms with Gasteiger partial charge in [-0.25, -0.2) is 0 Å². The Kier molecular flexibility index (Phi) is 9.08. The minimum absolute atomic E-state index is 0.00352. The molecule has 8 nitrogen and oxygen atoms in total. The lowest BCUT2D eigenvalue weighted by molar-refractivity contribution is -0.142. The number of ether oxygens (including phenoxy) is 2. The highest BCUT2D eigenvalue weighted by atomic mass is 35.5. The van der Waals surface area contributed by atoms with Crippen LogP contribution in [0.15, 0.2) is 51.9 Å². The highest BCUT2D eigenvalue weighted by Crippen LogP contribution is 2.33. The smallest absolute Gasteiger partial charge is 0.242 e. The fraction of sp³-hybridized carbons (Fsp3) is 0.452. The fourth-order valence-electron chi connectivity index (χ4n) is 4.48. The van der Waals surface area contributed by atoms with Crippen molar-refractivity contribution in [2.75, 3.05) is 19.9 Å². The summed E-state index contributed by atoms with van der Waals surface area (Å²) in [6, 6.07) is 10.3. The van der Waals surface area contributed by atoms with Crippen LogP contribution in [0.3, 0.4) is 0 Å². The highest BCUT2D eigenvalue weighted by molar-refractivity contribution is 6.31. The molecule has 0 aliphatic carbocycles. The van der Waals surface area contributed by atoms with Gasteiger partial charge in [-0.3, -0.25) is 14.4 Å². The van der Waals surface area contributed by atoms with Crippen molar-refractivity contribution in [1.29, 1.82) is 0 Å². The van der Waals surface area contributed by atoms with Gasteiger partial charge in [-0.05, 0) is 53.6 Å². The number of halogens is 1. The first kappa shape index (κ1) is 29.5. The molecule has 0 N–H and O–H groups in total. The first-order chi connectivity index (χ1) is 18.9. The van der Waals surface area contributed by atoms with Crippen LogP contribution in [0.1, 0.15) is 58.6 Å². The van der Waals surface area contributed by atoms with E-state index < -0.39 is 0 Å². The Morgan fingerprint density at radius 1 is 0.975 bits per heavy atom. The van der Waals surface area contributed by atoms with E-state index >= 15 is 0 Å². The molecule has 0 fully saturated rings. The lowest BCUT2D eigenvalue weighted by atomic mass is 9.91. The van der Waals surface area contributed by atoms with E-state index in [9.17, 15) is 14.4 Å². The second-order valence-electron chi connectivity index (χ2n) is 11.9. The summed E-state index contributed by atoms with van der Waals surface area (Å²) in [7, 11) is 0. The van der Waals surface area contributed by atoms with E-state index in [-0.39, 0.29) is 49.1 Å². The van der Waals surface area contributed by atoms with Crippen molar-refractivity contribution in [3.8, 4) is 11.5 Å². The molecule has 0 unspecified atom stereocenters. The Hall–Kier alpha value is -3.52. The Bertz CT molecular complexity index is 1440. The largest absolute Gasteiger partial charge is 0.464 e. The number of nitrogens with zero attached hydrogens (tertiary/aromatic N) is 2. The Balaban J connectivity index is 1.64. The zero-order chi connectivity index (χ0) is 29.0. The molecule has 3 aromatic rings. The molecule has 0 bridgehead atoms. The third-order valence-corrected chi connectivity index (χ3v) is 6.90. The van der Waals surface area contributed by atoms with Crippen LogP contribution in [0.4, 0.5) is 0 Å². The van der Waals surface area contributed by atoms with Crippen molar-refractivity contribution >= 4 is 34.4 Å². The van der Waals surface area contributed by atoms with Crippen LogP contribution < -0.4 is 14.9 Å². The molecular weight excluding hydrogens is 532 g/mol. The van der Waals surface area contributed by atoms with Gasteiger partial charge < -0.3 is 23.7 Å². The number of carbonyl (C=O) groups is 2. The number of hydrogen-bond acceptors (Lipinski definition) is 6. The summed E-state index contributed by atoms with van der Waals surface area (Å²) >= 11 is 6.13. The van der Waals surface area contributed by atoms with Crippen molar-refractivity contribution in [2.24, 2.45) is 11.3 Å². The summed E-state index contributed by atoms with van der Waals surface area (Å²) in [6.07, 6.45) is 2.50. The summed E-state index contributed by atoms with van der Waals surface area (Å²) in [5, 5.41) is 0.766. The number of hydrogen-bond donors (Lipinski definition) is 0. The van der Waals surface area contributed by atoms with Crippen LogP contribution >= 0.6 is 11.6 Å². The van der Waals surface area contributed by atoms with E-state index in [0.717, 1.165) is 12.0 Å². The summed E-state index contributed by atoms with van der Waals surface area (Å²) in [5.41, 5.74) is 1.07. The SMILES string of the molecule is CC(C)CCN(CC(=O)N(Cc1ccc2c(c1)OCO2)Cc1coc2ccc(Cl)cc2c1=O)C(=O)CC(C)(C)C. The van der Waals surface area contributed by atoms with E-state index in [0.29, 0.717) is 51.9 Å². The molecule has 1 aliphatic rings. The molecule has 2 amide bonds. The standard InChI is InChI=1S/C31H37ClN2O6/c1-20(2)10-11-33(28(35)14-31(3,4)5)17-29(36)34(15-21-6-8-26-27(12-21)40-19-39-26)16-22-18-38-25-9-7-23(32)13-24(25)30(22)37/h6-9,12-13,18,20H,10-11,14-17,19H2,1-5H3. The van der Waals surface area contributed by atoms with E-state index in [1.807, 2.05) is 32.9 Å². The minimum atomic E-state index is -0.269. The molecule has 40 heavy (non-hydrogen) atoms. The van der Waals surface area contributed by atoms with E-state index in [1.54, 1.807) is 34.1 Å². The summed E-state index contributed by atoms with van der Waals surface area (Å²) in [4.78, 5) is 43.7. The minimum Gasteiger partial charge on any atom is -0.464 e. The maximum absolute atomic E-state index is 13.9. The highest BCUT2D eigenvalue weighted by Gasteiger charge is 2.26. The van der Waals surface area contributed by atoms with Crippen molar-refractivity contribution in [3.05, 3.63) is 69.0 Å². The van der Waals surface area contributed by atoms with Crippen molar-refractivity contribution in [2.45, 2.75) is 60.5 Å². The van der Waals surface area contributed by atoms with Crippen LogP contribution in [0.2, 0.25) is 5.02 Å². The van der Waals surface area contributed by atoms with Gasteiger partial charge in [0, 0.05) is 24.5 Å². The number of fused-ring (bicyclic) bond motifs is 2. The van der Waals surface area contributed by atoms with Crippen LogP contribution in [0.5, 0.6) is 11.5 Å². The molecule has 9 heteroatoms.